The van der Waals surface area contributed by atoms with E-state index in [0.717, 1.165) is 25.1 Å². The molecule has 2 amide bonds. The predicted octanol–water partition coefficient (Wildman–Crippen LogP) is 1.89. The number of benzene rings is 1. The van der Waals surface area contributed by atoms with Gasteiger partial charge in [0.15, 0.2) is 0 Å². The van der Waals surface area contributed by atoms with Crippen LogP contribution in [0.25, 0.3) is 0 Å². The third-order valence-electron chi connectivity index (χ3n) is 2.87. The van der Waals surface area contributed by atoms with Gasteiger partial charge >= 0.3 is 0 Å². The summed E-state index contributed by atoms with van der Waals surface area (Å²) < 4.78 is 0. The Hall–Kier alpha value is -2.04. The summed E-state index contributed by atoms with van der Waals surface area (Å²) in [5.41, 5.74) is 6.56. The number of hydrogen-bond donors (Lipinski definition) is 3. The Kier molecular flexibility index (Phi) is 7.17. The van der Waals surface area contributed by atoms with Gasteiger partial charge in [-0.1, -0.05) is 19.1 Å². The van der Waals surface area contributed by atoms with Crippen LogP contribution >= 0.6 is 0 Å². The van der Waals surface area contributed by atoms with Crippen LogP contribution in [0, 0.1) is 0 Å². The molecule has 0 spiro atoms. The smallest absolute Gasteiger partial charge is 0.253 e. The van der Waals surface area contributed by atoms with Crippen molar-refractivity contribution in [1.29, 1.82) is 0 Å². The van der Waals surface area contributed by atoms with Gasteiger partial charge in [-0.15, -0.1) is 0 Å². The molecule has 0 heterocycles. The van der Waals surface area contributed by atoms with Crippen LogP contribution in [-0.4, -0.2) is 24.9 Å². The molecule has 0 aromatic heterocycles. The van der Waals surface area contributed by atoms with Crippen LogP contribution in [0.15, 0.2) is 24.3 Å². The molecule has 0 radical (unpaired) electrons. The van der Waals surface area contributed by atoms with E-state index in [1.807, 2.05) is 18.2 Å². The van der Waals surface area contributed by atoms with Crippen molar-refractivity contribution in [3.63, 3.8) is 0 Å². The number of unbranched alkanes of at least 4 members (excludes halogenated alkanes) is 1. The van der Waals surface area contributed by atoms with Crippen LogP contribution in [0.2, 0.25) is 0 Å². The monoisotopic (exact) mass is 277 g/mol. The highest BCUT2D eigenvalue weighted by Gasteiger charge is 2.09. The summed E-state index contributed by atoms with van der Waals surface area (Å²) in [7, 11) is 0. The number of primary amides is 1. The van der Waals surface area contributed by atoms with Gasteiger partial charge in [0.2, 0.25) is 5.91 Å². The molecule has 5 heteroatoms. The maximum Gasteiger partial charge on any atom is 0.253 e. The second-order valence-electron chi connectivity index (χ2n) is 4.65. The minimum Gasteiger partial charge on any atom is -0.384 e. The molecule has 1 rings (SSSR count). The maximum absolute atomic E-state index is 12.1. The predicted molar refractivity (Wildman–Crippen MR) is 80.6 cm³/mol. The fraction of sp³-hybridized carbons (Fsp3) is 0.467. The highest BCUT2D eigenvalue weighted by atomic mass is 16.2. The number of amides is 2. The molecule has 4 N–H and O–H groups in total. The summed E-state index contributed by atoms with van der Waals surface area (Å²) in [5.74, 6) is -0.395. The zero-order valence-electron chi connectivity index (χ0n) is 11.9. The van der Waals surface area contributed by atoms with E-state index in [0.29, 0.717) is 24.9 Å². The first-order valence-electron chi connectivity index (χ1n) is 7.04. The second kappa shape index (κ2) is 8.96. The highest BCUT2D eigenvalue weighted by molar-refractivity contribution is 5.99. The van der Waals surface area contributed by atoms with Crippen LogP contribution in [0.1, 0.15) is 43.0 Å². The van der Waals surface area contributed by atoms with E-state index in [1.165, 1.54) is 0 Å². The van der Waals surface area contributed by atoms with E-state index in [1.54, 1.807) is 6.07 Å². The van der Waals surface area contributed by atoms with Crippen molar-refractivity contribution in [2.45, 2.75) is 32.6 Å². The second-order valence-corrected chi connectivity index (χ2v) is 4.65. The first kappa shape index (κ1) is 16.0. The van der Waals surface area contributed by atoms with Crippen LogP contribution in [-0.2, 0) is 4.79 Å². The van der Waals surface area contributed by atoms with Gasteiger partial charge in [-0.05, 0) is 31.4 Å². The minimum absolute atomic E-state index is 0.0942. The summed E-state index contributed by atoms with van der Waals surface area (Å²) in [5, 5.41) is 6.10. The fourth-order valence-corrected chi connectivity index (χ4v) is 1.82. The molecule has 0 saturated carbocycles. The van der Waals surface area contributed by atoms with Gasteiger partial charge in [0.25, 0.3) is 5.91 Å². The average molecular weight is 277 g/mol. The third-order valence-corrected chi connectivity index (χ3v) is 2.87. The van der Waals surface area contributed by atoms with Crippen molar-refractivity contribution in [2.24, 2.45) is 5.73 Å². The molecular formula is C15H23N3O2. The van der Waals surface area contributed by atoms with Gasteiger partial charge < -0.3 is 16.4 Å². The fourth-order valence-electron chi connectivity index (χ4n) is 1.82. The van der Waals surface area contributed by atoms with Crippen LogP contribution in [0.4, 0.5) is 5.69 Å². The maximum atomic E-state index is 12.1. The minimum atomic E-state index is -0.301. The highest BCUT2D eigenvalue weighted by Crippen LogP contribution is 2.14. The number of nitrogens with one attached hydrogen (secondary N) is 2. The molecule has 1 aromatic rings. The molecule has 0 bridgehead atoms. The SMILES string of the molecule is CCCNc1ccccc1C(=O)NCCCCC(N)=O. The molecule has 0 aliphatic carbocycles. The summed E-state index contributed by atoms with van der Waals surface area (Å²) in [6.07, 6.45) is 2.82. The van der Waals surface area contributed by atoms with Crippen molar-refractivity contribution < 1.29 is 9.59 Å². The van der Waals surface area contributed by atoms with E-state index in [9.17, 15) is 9.59 Å². The molecule has 110 valence electrons. The lowest BCUT2D eigenvalue weighted by molar-refractivity contribution is -0.118. The van der Waals surface area contributed by atoms with Gasteiger partial charge in [-0.3, -0.25) is 9.59 Å². The standard InChI is InChI=1S/C15H23N3O2/c1-2-10-17-13-8-4-3-7-12(13)15(20)18-11-6-5-9-14(16)19/h3-4,7-8,17H,2,5-6,9-11H2,1H3,(H2,16,19)(H,18,20). The van der Waals surface area contributed by atoms with Crippen molar-refractivity contribution in [3.8, 4) is 0 Å². The molecule has 0 aliphatic rings. The largest absolute Gasteiger partial charge is 0.384 e. The normalized spacial score (nSPS) is 10.1. The third kappa shape index (κ3) is 5.73. The summed E-state index contributed by atoms with van der Waals surface area (Å²) in [4.78, 5) is 22.7. The van der Waals surface area contributed by atoms with Crippen LogP contribution in [0.3, 0.4) is 0 Å². The number of hydrogen-bond acceptors (Lipinski definition) is 3. The Bertz CT molecular complexity index is 446. The van der Waals surface area contributed by atoms with Gasteiger partial charge in [0.05, 0.1) is 5.56 Å². The van der Waals surface area contributed by atoms with E-state index < -0.39 is 0 Å². The summed E-state index contributed by atoms with van der Waals surface area (Å²) in [6.45, 7) is 3.46. The number of anilines is 1. The lowest BCUT2D eigenvalue weighted by atomic mass is 10.1. The first-order valence-corrected chi connectivity index (χ1v) is 7.04. The number of para-hydroxylation sites is 1. The van der Waals surface area contributed by atoms with Crippen LogP contribution in [0.5, 0.6) is 0 Å². The molecule has 0 unspecified atom stereocenters. The number of nitrogens with two attached hydrogens (primary N) is 1. The van der Waals surface area contributed by atoms with Crippen molar-refractivity contribution in [2.75, 3.05) is 18.4 Å². The van der Waals surface area contributed by atoms with Gasteiger partial charge in [-0.25, -0.2) is 0 Å². The molecule has 5 nitrogen and oxygen atoms in total. The van der Waals surface area contributed by atoms with E-state index in [4.69, 9.17) is 5.73 Å². The molecule has 20 heavy (non-hydrogen) atoms. The molecular weight excluding hydrogens is 254 g/mol. The van der Waals surface area contributed by atoms with Gasteiger partial charge in [0.1, 0.15) is 0 Å². The van der Waals surface area contributed by atoms with Crippen molar-refractivity contribution in [1.82, 2.24) is 5.32 Å². The van der Waals surface area contributed by atoms with E-state index in [2.05, 4.69) is 17.6 Å². The Morgan fingerprint density at radius 3 is 2.60 bits per heavy atom. The summed E-state index contributed by atoms with van der Waals surface area (Å²) in [6, 6.07) is 7.45. The molecule has 0 saturated heterocycles. The zero-order valence-corrected chi connectivity index (χ0v) is 11.9. The van der Waals surface area contributed by atoms with Crippen LogP contribution < -0.4 is 16.4 Å². The molecule has 1 aromatic carbocycles. The molecule has 0 fully saturated rings. The van der Waals surface area contributed by atoms with E-state index >= 15 is 0 Å². The van der Waals surface area contributed by atoms with Gasteiger partial charge in [0, 0.05) is 25.2 Å². The van der Waals surface area contributed by atoms with Crippen molar-refractivity contribution >= 4 is 17.5 Å². The summed E-state index contributed by atoms with van der Waals surface area (Å²) >= 11 is 0. The number of rotatable bonds is 9. The van der Waals surface area contributed by atoms with Crippen molar-refractivity contribution in [3.05, 3.63) is 29.8 Å². The quantitative estimate of drug-likeness (QED) is 0.603. The lowest BCUT2D eigenvalue weighted by Crippen LogP contribution is -2.25. The van der Waals surface area contributed by atoms with E-state index in [-0.39, 0.29) is 11.8 Å². The number of carbonyl (C=O) groups is 2. The first-order chi connectivity index (χ1) is 9.65. The zero-order chi connectivity index (χ0) is 14.8. The average Bonchev–Trinajstić information content (AvgIpc) is 2.44. The Balaban J connectivity index is 2.44. The molecule has 0 atom stereocenters. The van der Waals surface area contributed by atoms with Gasteiger partial charge in [-0.2, -0.15) is 0 Å². The Labute approximate surface area is 119 Å². The number of carbonyl (C=O) groups excluding carboxylic acids is 2. The molecule has 0 aliphatic heterocycles. The Morgan fingerprint density at radius 1 is 1.15 bits per heavy atom. The topological polar surface area (TPSA) is 84.2 Å². The lowest BCUT2D eigenvalue weighted by Gasteiger charge is -2.11. The Morgan fingerprint density at radius 2 is 1.90 bits per heavy atom.